The highest BCUT2D eigenvalue weighted by atomic mass is 16.9. The number of carboxylic acid groups (broad SMARTS) is 1. The van der Waals surface area contributed by atoms with E-state index in [1.807, 2.05) is 0 Å². The Labute approximate surface area is 88.1 Å². The van der Waals surface area contributed by atoms with E-state index in [0.29, 0.717) is 0 Å². The van der Waals surface area contributed by atoms with Gasteiger partial charge in [-0.15, -0.1) is 0 Å². The molecular formula is C9H16O6. The van der Waals surface area contributed by atoms with Gasteiger partial charge in [0.25, 0.3) is 0 Å². The predicted octanol–water partition coefficient (Wildman–Crippen LogP) is 0.751. The van der Waals surface area contributed by atoms with E-state index >= 15 is 0 Å². The van der Waals surface area contributed by atoms with Gasteiger partial charge in [0.2, 0.25) is 0 Å². The van der Waals surface area contributed by atoms with Crippen LogP contribution in [0.25, 0.3) is 0 Å². The first-order valence-electron chi connectivity index (χ1n) is 4.47. The summed E-state index contributed by atoms with van der Waals surface area (Å²) in [6, 6.07) is 0. The Morgan fingerprint density at radius 3 is 2.13 bits per heavy atom. The minimum absolute atomic E-state index is 0.0224. The lowest BCUT2D eigenvalue weighted by molar-refractivity contribution is -0.332. The van der Waals surface area contributed by atoms with Crippen molar-refractivity contribution in [2.45, 2.75) is 32.2 Å². The van der Waals surface area contributed by atoms with Gasteiger partial charge in [0.15, 0.2) is 0 Å². The SMILES string of the molecule is COC(C)(OC)OC(=O)CCCC(=O)O. The molecule has 0 bridgehead atoms. The maximum Gasteiger partial charge on any atom is 0.325 e. The zero-order valence-electron chi connectivity index (χ0n) is 9.11. The van der Waals surface area contributed by atoms with Gasteiger partial charge in [-0.3, -0.25) is 9.59 Å². The highest BCUT2D eigenvalue weighted by Crippen LogP contribution is 2.13. The lowest BCUT2D eigenvalue weighted by Gasteiger charge is -2.25. The van der Waals surface area contributed by atoms with Gasteiger partial charge in [-0.25, -0.2) is 0 Å². The van der Waals surface area contributed by atoms with E-state index in [-0.39, 0.29) is 19.3 Å². The molecule has 0 heterocycles. The van der Waals surface area contributed by atoms with Gasteiger partial charge in [-0.05, 0) is 6.42 Å². The van der Waals surface area contributed by atoms with Crippen LogP contribution in [0.3, 0.4) is 0 Å². The molecule has 0 aromatic rings. The fraction of sp³-hybridized carbons (Fsp3) is 0.778. The molecule has 0 unspecified atom stereocenters. The number of hydrogen-bond acceptors (Lipinski definition) is 5. The number of hydrogen-bond donors (Lipinski definition) is 1. The highest BCUT2D eigenvalue weighted by molar-refractivity contribution is 5.71. The largest absolute Gasteiger partial charge is 0.481 e. The minimum atomic E-state index is -1.40. The first-order chi connectivity index (χ1) is 6.93. The highest BCUT2D eigenvalue weighted by Gasteiger charge is 2.27. The molecule has 0 fully saturated rings. The number of carbonyl (C=O) groups is 2. The molecule has 0 aliphatic carbocycles. The Morgan fingerprint density at radius 2 is 1.73 bits per heavy atom. The summed E-state index contributed by atoms with van der Waals surface area (Å²) >= 11 is 0. The summed E-state index contributed by atoms with van der Waals surface area (Å²) < 4.78 is 14.4. The van der Waals surface area contributed by atoms with Crippen molar-refractivity contribution >= 4 is 11.9 Å². The molecule has 0 atom stereocenters. The topological polar surface area (TPSA) is 82.1 Å². The number of esters is 1. The Morgan fingerprint density at radius 1 is 1.20 bits per heavy atom. The lowest BCUT2D eigenvalue weighted by Crippen LogP contribution is -2.35. The van der Waals surface area contributed by atoms with Crippen molar-refractivity contribution in [3.05, 3.63) is 0 Å². The first-order valence-corrected chi connectivity index (χ1v) is 4.47. The molecule has 0 saturated heterocycles. The molecule has 0 spiro atoms. The van der Waals surface area contributed by atoms with Gasteiger partial charge < -0.3 is 19.3 Å². The van der Waals surface area contributed by atoms with Crippen molar-refractivity contribution in [1.29, 1.82) is 0 Å². The van der Waals surface area contributed by atoms with Gasteiger partial charge in [0.05, 0.1) is 0 Å². The molecule has 88 valence electrons. The normalized spacial score (nSPS) is 11.1. The van der Waals surface area contributed by atoms with Crippen LogP contribution in [0.1, 0.15) is 26.2 Å². The van der Waals surface area contributed by atoms with E-state index in [0.717, 1.165) is 0 Å². The van der Waals surface area contributed by atoms with Crippen LogP contribution in [-0.2, 0) is 23.8 Å². The maximum absolute atomic E-state index is 11.2. The second kappa shape index (κ2) is 6.36. The molecule has 0 rings (SSSR count). The molecule has 0 amide bonds. The third-order valence-corrected chi connectivity index (χ3v) is 1.81. The van der Waals surface area contributed by atoms with E-state index in [2.05, 4.69) is 0 Å². The predicted molar refractivity (Wildman–Crippen MR) is 50.0 cm³/mol. The Kier molecular flexibility index (Phi) is 5.88. The summed E-state index contributed by atoms with van der Waals surface area (Å²) in [5.41, 5.74) is 0. The summed E-state index contributed by atoms with van der Waals surface area (Å²) in [7, 11) is 2.68. The standard InChI is InChI=1S/C9H16O6/c1-9(13-2,14-3)15-8(12)6-4-5-7(10)11/h4-6H2,1-3H3,(H,10,11). The fourth-order valence-electron chi connectivity index (χ4n) is 0.808. The van der Waals surface area contributed by atoms with Gasteiger partial charge in [0.1, 0.15) is 0 Å². The van der Waals surface area contributed by atoms with Crippen LogP contribution in [0.5, 0.6) is 0 Å². The van der Waals surface area contributed by atoms with Crippen LogP contribution in [0.2, 0.25) is 0 Å². The van der Waals surface area contributed by atoms with Crippen molar-refractivity contribution in [3.63, 3.8) is 0 Å². The quantitative estimate of drug-likeness (QED) is 0.503. The van der Waals surface area contributed by atoms with Gasteiger partial charge >= 0.3 is 17.9 Å². The Balaban J connectivity index is 3.87. The number of ether oxygens (including phenoxy) is 3. The number of aliphatic carboxylic acids is 1. The van der Waals surface area contributed by atoms with Crippen LogP contribution >= 0.6 is 0 Å². The third-order valence-electron chi connectivity index (χ3n) is 1.81. The Hall–Kier alpha value is -1.14. The van der Waals surface area contributed by atoms with E-state index in [4.69, 9.17) is 19.3 Å². The average Bonchev–Trinajstić information content (AvgIpc) is 2.17. The zero-order valence-corrected chi connectivity index (χ0v) is 9.11. The molecule has 0 saturated carbocycles. The maximum atomic E-state index is 11.2. The van der Waals surface area contributed by atoms with Gasteiger partial charge in [-0.2, -0.15) is 0 Å². The number of carbonyl (C=O) groups excluding carboxylic acids is 1. The van der Waals surface area contributed by atoms with Crippen LogP contribution in [0.15, 0.2) is 0 Å². The van der Waals surface area contributed by atoms with Crippen molar-refractivity contribution in [1.82, 2.24) is 0 Å². The molecule has 0 aliphatic heterocycles. The first kappa shape index (κ1) is 13.9. The Bertz CT molecular complexity index is 221. The van der Waals surface area contributed by atoms with E-state index in [9.17, 15) is 9.59 Å². The smallest absolute Gasteiger partial charge is 0.325 e. The van der Waals surface area contributed by atoms with E-state index in [1.54, 1.807) is 0 Å². The molecule has 6 heteroatoms. The molecule has 6 nitrogen and oxygen atoms in total. The van der Waals surface area contributed by atoms with Crippen molar-refractivity contribution in [3.8, 4) is 0 Å². The molecule has 0 aromatic carbocycles. The fourth-order valence-corrected chi connectivity index (χ4v) is 0.808. The monoisotopic (exact) mass is 220 g/mol. The van der Waals surface area contributed by atoms with Crippen LogP contribution in [-0.4, -0.2) is 37.2 Å². The third kappa shape index (κ3) is 6.03. The van der Waals surface area contributed by atoms with Crippen molar-refractivity contribution in [2.24, 2.45) is 0 Å². The van der Waals surface area contributed by atoms with Crippen LogP contribution < -0.4 is 0 Å². The number of carboxylic acids is 1. The van der Waals surface area contributed by atoms with Gasteiger partial charge in [-0.1, -0.05) is 0 Å². The molecule has 1 N–H and O–H groups in total. The molecule has 0 aromatic heterocycles. The molecule has 0 aliphatic rings. The second-order valence-corrected chi connectivity index (χ2v) is 2.99. The molecule has 0 radical (unpaired) electrons. The molecule has 15 heavy (non-hydrogen) atoms. The lowest BCUT2D eigenvalue weighted by atomic mass is 10.2. The summed E-state index contributed by atoms with van der Waals surface area (Å²) in [6.07, 6.45) is 0.193. The van der Waals surface area contributed by atoms with Crippen LogP contribution in [0.4, 0.5) is 0 Å². The van der Waals surface area contributed by atoms with Gasteiger partial charge in [0, 0.05) is 34.0 Å². The molecular weight excluding hydrogens is 204 g/mol. The van der Waals surface area contributed by atoms with Crippen molar-refractivity contribution < 1.29 is 28.9 Å². The summed E-state index contributed by atoms with van der Waals surface area (Å²) in [6.45, 7) is 1.45. The average molecular weight is 220 g/mol. The number of rotatable bonds is 7. The van der Waals surface area contributed by atoms with Crippen molar-refractivity contribution in [2.75, 3.05) is 14.2 Å². The minimum Gasteiger partial charge on any atom is -0.481 e. The van der Waals surface area contributed by atoms with E-state index < -0.39 is 17.9 Å². The van der Waals surface area contributed by atoms with E-state index in [1.165, 1.54) is 21.1 Å². The summed E-state index contributed by atoms with van der Waals surface area (Å²) in [4.78, 5) is 21.4. The van der Waals surface area contributed by atoms with Crippen LogP contribution in [0, 0.1) is 0 Å². The summed E-state index contributed by atoms with van der Waals surface area (Å²) in [5, 5.41) is 8.35. The summed E-state index contributed by atoms with van der Waals surface area (Å²) in [5.74, 6) is -2.90. The number of methoxy groups -OCH3 is 2. The zero-order chi connectivity index (χ0) is 11.9. The second-order valence-electron chi connectivity index (χ2n) is 2.99.